The first-order chi connectivity index (χ1) is 4.88. The molecule has 0 spiro atoms. The van der Waals surface area contributed by atoms with Gasteiger partial charge in [0.15, 0.2) is 0 Å². The van der Waals surface area contributed by atoms with Crippen LogP contribution in [0.3, 0.4) is 0 Å². The summed E-state index contributed by atoms with van der Waals surface area (Å²) >= 11 is 0. The maximum absolute atomic E-state index is 9.63. The molecule has 0 N–H and O–H groups in total. The summed E-state index contributed by atoms with van der Waals surface area (Å²) in [6.07, 6.45) is 1.21. The third-order valence-corrected chi connectivity index (χ3v) is 0.729. The van der Waals surface area contributed by atoms with Crippen LogP contribution in [0.5, 0.6) is 0 Å². The minimum absolute atomic E-state index is 0.122. The monoisotopic (exact) mass is 136 g/mol. The second kappa shape index (κ2) is 2.53. The summed E-state index contributed by atoms with van der Waals surface area (Å²) in [5, 5.41) is 14.5. The van der Waals surface area contributed by atoms with E-state index in [1.165, 1.54) is 6.08 Å². The quantitative estimate of drug-likeness (QED) is 0.397. The predicted molar refractivity (Wildman–Crippen MR) is 26.8 cm³/mol. The van der Waals surface area contributed by atoms with Crippen LogP contribution in [0, 0.1) is 11.3 Å². The molecule has 6 heteroatoms. The molecule has 1 heterocycles. The van der Waals surface area contributed by atoms with Crippen molar-refractivity contribution < 1.29 is 9.42 Å². The highest BCUT2D eigenvalue weighted by atomic mass is 16.6. The van der Waals surface area contributed by atoms with Gasteiger partial charge in [-0.1, -0.05) is 0 Å². The SMILES string of the molecule is N#Cc1nonc1N=C=O. The average molecular weight is 136 g/mol. The zero-order valence-corrected chi connectivity index (χ0v) is 4.61. The maximum Gasteiger partial charge on any atom is 0.246 e. The fourth-order valence-electron chi connectivity index (χ4n) is 0.371. The minimum atomic E-state index is -0.141. The Morgan fingerprint density at radius 1 is 1.60 bits per heavy atom. The first-order valence-electron chi connectivity index (χ1n) is 2.19. The van der Waals surface area contributed by atoms with Crippen LogP contribution in [0.1, 0.15) is 5.69 Å². The van der Waals surface area contributed by atoms with Gasteiger partial charge in [-0.25, -0.2) is 9.42 Å². The number of nitriles is 1. The predicted octanol–water partition coefficient (Wildman–Crippen LogP) is -0.0914. The van der Waals surface area contributed by atoms with Gasteiger partial charge >= 0.3 is 0 Å². The third kappa shape index (κ3) is 0.891. The number of isocyanates is 1. The first kappa shape index (κ1) is 6.13. The highest BCUT2D eigenvalue weighted by molar-refractivity contribution is 5.49. The summed E-state index contributed by atoms with van der Waals surface area (Å²) in [5.74, 6) is -0.141. The summed E-state index contributed by atoms with van der Waals surface area (Å²) in [6, 6.07) is 1.62. The molecule has 0 unspecified atom stereocenters. The summed E-state index contributed by atoms with van der Waals surface area (Å²) < 4.78 is 4.09. The lowest BCUT2D eigenvalue weighted by molar-refractivity contribution is 0.307. The number of hydrogen-bond donors (Lipinski definition) is 0. The van der Waals surface area contributed by atoms with Crippen molar-refractivity contribution in [3.8, 4) is 6.07 Å². The van der Waals surface area contributed by atoms with Gasteiger partial charge < -0.3 is 0 Å². The van der Waals surface area contributed by atoms with E-state index in [0.717, 1.165) is 0 Å². The second-order valence-corrected chi connectivity index (χ2v) is 1.25. The van der Waals surface area contributed by atoms with Crippen molar-refractivity contribution in [2.45, 2.75) is 0 Å². The molecule has 0 radical (unpaired) electrons. The lowest BCUT2D eigenvalue weighted by Gasteiger charge is -1.70. The number of carbonyl (C=O) groups excluding carboxylic acids is 1. The number of hydrogen-bond acceptors (Lipinski definition) is 6. The Labute approximate surface area is 54.7 Å². The molecular weight excluding hydrogens is 136 g/mol. The van der Waals surface area contributed by atoms with Gasteiger partial charge in [-0.3, -0.25) is 0 Å². The Balaban J connectivity index is 3.16. The van der Waals surface area contributed by atoms with Crippen molar-refractivity contribution in [1.29, 1.82) is 5.26 Å². The number of nitrogens with zero attached hydrogens (tertiary/aromatic N) is 4. The highest BCUT2D eigenvalue weighted by Gasteiger charge is 2.05. The average Bonchev–Trinajstić information content (AvgIpc) is 2.36. The van der Waals surface area contributed by atoms with Crippen molar-refractivity contribution in [2.75, 3.05) is 0 Å². The van der Waals surface area contributed by atoms with Crippen LogP contribution in [0.2, 0.25) is 0 Å². The van der Waals surface area contributed by atoms with E-state index in [-0.39, 0.29) is 11.5 Å². The van der Waals surface area contributed by atoms with Crippen molar-refractivity contribution >= 4 is 11.9 Å². The van der Waals surface area contributed by atoms with Gasteiger partial charge in [-0.15, -0.1) is 4.99 Å². The zero-order chi connectivity index (χ0) is 7.40. The van der Waals surface area contributed by atoms with Crippen molar-refractivity contribution in [3.63, 3.8) is 0 Å². The smallest absolute Gasteiger partial charge is 0.241 e. The molecule has 6 nitrogen and oxygen atoms in total. The number of aromatic nitrogens is 2. The standard InChI is InChI=1S/C4N4O2/c5-1-3-4(6-2-9)8-10-7-3. The minimum Gasteiger partial charge on any atom is -0.241 e. The van der Waals surface area contributed by atoms with Gasteiger partial charge in [0.05, 0.1) is 0 Å². The molecule has 0 bridgehead atoms. The molecule has 10 heavy (non-hydrogen) atoms. The Morgan fingerprint density at radius 2 is 2.40 bits per heavy atom. The van der Waals surface area contributed by atoms with Crippen LogP contribution in [-0.4, -0.2) is 16.4 Å². The van der Waals surface area contributed by atoms with Crippen LogP contribution in [0.15, 0.2) is 9.62 Å². The van der Waals surface area contributed by atoms with Gasteiger partial charge in [-0.05, 0) is 10.3 Å². The van der Waals surface area contributed by atoms with Crippen LogP contribution < -0.4 is 0 Å². The van der Waals surface area contributed by atoms with E-state index >= 15 is 0 Å². The zero-order valence-electron chi connectivity index (χ0n) is 4.61. The second-order valence-electron chi connectivity index (χ2n) is 1.25. The maximum atomic E-state index is 9.63. The van der Waals surface area contributed by atoms with E-state index in [1.807, 2.05) is 0 Å². The molecule has 48 valence electrons. The summed E-state index contributed by atoms with van der Waals surface area (Å²) in [7, 11) is 0. The fourth-order valence-corrected chi connectivity index (χ4v) is 0.371. The molecule has 0 saturated heterocycles. The number of aliphatic imine (C=N–C) groups is 1. The molecule has 1 aromatic rings. The normalized spacial score (nSPS) is 7.90. The molecule has 0 aliphatic carbocycles. The Bertz CT molecular complexity index is 316. The third-order valence-electron chi connectivity index (χ3n) is 0.729. The number of rotatable bonds is 1. The molecule has 0 aromatic carbocycles. The van der Waals surface area contributed by atoms with E-state index in [4.69, 9.17) is 5.26 Å². The van der Waals surface area contributed by atoms with E-state index in [0.29, 0.717) is 0 Å². The van der Waals surface area contributed by atoms with Gasteiger partial charge in [0, 0.05) is 0 Å². The van der Waals surface area contributed by atoms with Gasteiger partial charge in [0.25, 0.3) is 0 Å². The van der Waals surface area contributed by atoms with E-state index in [2.05, 4.69) is 19.9 Å². The van der Waals surface area contributed by atoms with Gasteiger partial charge in [0.1, 0.15) is 6.07 Å². The topological polar surface area (TPSA) is 92.1 Å². The molecule has 0 saturated carbocycles. The van der Waals surface area contributed by atoms with Crippen molar-refractivity contribution in [3.05, 3.63) is 5.69 Å². The fraction of sp³-hybridized carbons (Fsp3) is 0. The van der Waals surface area contributed by atoms with Crippen LogP contribution >= 0.6 is 0 Å². The lowest BCUT2D eigenvalue weighted by atomic mass is 10.5. The highest BCUT2D eigenvalue weighted by Crippen LogP contribution is 2.09. The van der Waals surface area contributed by atoms with Gasteiger partial charge in [0.2, 0.25) is 17.6 Å². The van der Waals surface area contributed by atoms with Crippen molar-refractivity contribution in [2.24, 2.45) is 4.99 Å². The van der Waals surface area contributed by atoms with Crippen LogP contribution in [-0.2, 0) is 4.79 Å². The molecule has 1 rings (SSSR count). The molecule has 0 aliphatic heterocycles. The summed E-state index contributed by atoms with van der Waals surface area (Å²) in [5.41, 5.74) is -0.122. The molecular formula is C4N4O2. The van der Waals surface area contributed by atoms with Crippen LogP contribution in [0.4, 0.5) is 5.82 Å². The molecule has 0 atom stereocenters. The summed E-state index contributed by atoms with van der Waals surface area (Å²) in [6.45, 7) is 0. The van der Waals surface area contributed by atoms with Crippen LogP contribution in [0.25, 0.3) is 0 Å². The largest absolute Gasteiger partial charge is 0.246 e. The van der Waals surface area contributed by atoms with Crippen molar-refractivity contribution in [1.82, 2.24) is 10.3 Å². The first-order valence-corrected chi connectivity index (χ1v) is 2.19. The van der Waals surface area contributed by atoms with E-state index in [1.54, 1.807) is 6.07 Å². The van der Waals surface area contributed by atoms with Gasteiger partial charge in [-0.2, -0.15) is 5.26 Å². The summed E-state index contributed by atoms with van der Waals surface area (Å²) in [4.78, 5) is 12.7. The van der Waals surface area contributed by atoms with E-state index in [9.17, 15) is 4.79 Å². The molecule has 0 fully saturated rings. The Kier molecular flexibility index (Phi) is 1.55. The Hall–Kier alpha value is -1.99. The molecule has 0 aliphatic rings. The lowest BCUT2D eigenvalue weighted by Crippen LogP contribution is -1.70. The Morgan fingerprint density at radius 3 is 3.00 bits per heavy atom. The van der Waals surface area contributed by atoms with E-state index < -0.39 is 0 Å². The molecule has 1 aromatic heterocycles. The molecule has 0 amide bonds.